The van der Waals surface area contributed by atoms with Crippen LogP contribution in [0.1, 0.15) is 17.0 Å². The van der Waals surface area contributed by atoms with E-state index in [1.54, 1.807) is 0 Å². The van der Waals surface area contributed by atoms with Crippen molar-refractivity contribution in [1.82, 2.24) is 5.16 Å². The van der Waals surface area contributed by atoms with E-state index >= 15 is 0 Å². The maximum absolute atomic E-state index is 13.4. The van der Waals surface area contributed by atoms with Gasteiger partial charge in [-0.25, -0.2) is 0 Å². The van der Waals surface area contributed by atoms with Crippen molar-refractivity contribution < 1.29 is 27.4 Å². The first kappa shape index (κ1) is 16.5. The Morgan fingerprint density at radius 2 is 2.04 bits per heavy atom. The number of methoxy groups -OCH3 is 1. The van der Waals surface area contributed by atoms with Crippen LogP contribution in [0.15, 0.2) is 28.8 Å². The zero-order chi connectivity index (χ0) is 17.2. The quantitative estimate of drug-likeness (QED) is 0.626. The number of hydrogen-bond acceptors (Lipinski definition) is 5. The monoisotopic (exact) mass is 328 g/mol. The smallest absolute Gasteiger partial charge is 0.417 e. The molecule has 0 aliphatic carbocycles. The van der Waals surface area contributed by atoms with E-state index in [4.69, 9.17) is 4.74 Å². The number of aromatic nitrogens is 1. The molecule has 0 fully saturated rings. The Bertz CT molecular complexity index is 766. The fourth-order valence-corrected chi connectivity index (χ4v) is 2.01. The summed E-state index contributed by atoms with van der Waals surface area (Å²) in [7, 11) is 1.23. The summed E-state index contributed by atoms with van der Waals surface area (Å²) < 4.78 is 49.8. The minimum absolute atomic E-state index is 0.0186. The van der Waals surface area contributed by atoms with Gasteiger partial charge in [-0.1, -0.05) is 23.4 Å². The van der Waals surface area contributed by atoms with E-state index in [0.29, 0.717) is 6.08 Å². The van der Waals surface area contributed by atoms with Crippen LogP contribution in [0.2, 0.25) is 0 Å². The highest BCUT2D eigenvalue weighted by molar-refractivity contribution is 5.87. The summed E-state index contributed by atoms with van der Waals surface area (Å²) >= 11 is 0. The molecule has 0 amide bonds. The van der Waals surface area contributed by atoms with Crippen LogP contribution in [0.3, 0.4) is 0 Å². The molecule has 9 heteroatoms. The molecular weight excluding hydrogens is 317 g/mol. The van der Waals surface area contributed by atoms with Crippen LogP contribution in [0.25, 0.3) is 11.6 Å². The standard InChI is InChI=1S/C14H11F3N2O4/c1-8-13(19(20)21)12(23-18-8)7-10(14(15,16)17)9-5-3-4-6-11(9)22-2/h3-7H,1-2H3. The largest absolute Gasteiger partial charge is 0.496 e. The lowest BCUT2D eigenvalue weighted by atomic mass is 10.0. The van der Waals surface area contributed by atoms with Crippen LogP contribution in [0.5, 0.6) is 5.75 Å². The van der Waals surface area contributed by atoms with Gasteiger partial charge in [0.25, 0.3) is 0 Å². The second-order valence-electron chi connectivity index (χ2n) is 4.49. The zero-order valence-corrected chi connectivity index (χ0v) is 12.0. The van der Waals surface area contributed by atoms with Crippen molar-refractivity contribution in [2.24, 2.45) is 0 Å². The van der Waals surface area contributed by atoms with Crippen molar-refractivity contribution >= 4 is 17.3 Å². The van der Waals surface area contributed by atoms with Crippen molar-refractivity contribution in [3.63, 3.8) is 0 Å². The molecule has 122 valence electrons. The van der Waals surface area contributed by atoms with E-state index in [0.717, 1.165) is 0 Å². The Labute approximate surface area is 128 Å². The maximum Gasteiger partial charge on any atom is 0.417 e. The van der Waals surface area contributed by atoms with Crippen LogP contribution >= 0.6 is 0 Å². The molecule has 0 spiro atoms. The van der Waals surface area contributed by atoms with Crippen LogP contribution in [0, 0.1) is 17.0 Å². The molecule has 23 heavy (non-hydrogen) atoms. The van der Waals surface area contributed by atoms with Gasteiger partial charge in [0.1, 0.15) is 5.75 Å². The Morgan fingerprint density at radius 3 is 2.61 bits per heavy atom. The second-order valence-corrected chi connectivity index (χ2v) is 4.49. The number of hydrogen-bond donors (Lipinski definition) is 0. The van der Waals surface area contributed by atoms with Gasteiger partial charge in [-0.2, -0.15) is 13.2 Å². The topological polar surface area (TPSA) is 78.4 Å². The lowest BCUT2D eigenvalue weighted by molar-refractivity contribution is -0.386. The van der Waals surface area contributed by atoms with Crippen LogP contribution < -0.4 is 4.74 Å². The van der Waals surface area contributed by atoms with E-state index in [1.165, 1.54) is 38.3 Å². The summed E-state index contributed by atoms with van der Waals surface area (Å²) in [5.41, 5.74) is -2.11. The molecule has 0 radical (unpaired) electrons. The summed E-state index contributed by atoms with van der Waals surface area (Å²) in [5.74, 6) is -0.597. The third-order valence-corrected chi connectivity index (χ3v) is 3.02. The number of para-hydroxylation sites is 1. The molecule has 6 nitrogen and oxygen atoms in total. The van der Waals surface area contributed by atoms with Gasteiger partial charge in [0.15, 0.2) is 5.69 Å². The van der Waals surface area contributed by atoms with Crippen molar-refractivity contribution in [3.05, 3.63) is 51.4 Å². The highest BCUT2D eigenvalue weighted by Crippen LogP contribution is 2.40. The molecule has 2 aromatic rings. The Kier molecular flexibility index (Phi) is 4.39. The van der Waals surface area contributed by atoms with Gasteiger partial charge in [-0.15, -0.1) is 0 Å². The summed E-state index contributed by atoms with van der Waals surface area (Å²) in [6.07, 6.45) is -4.22. The second kappa shape index (κ2) is 6.11. The maximum atomic E-state index is 13.4. The molecule has 0 aliphatic heterocycles. The summed E-state index contributed by atoms with van der Waals surface area (Å²) in [6.45, 7) is 1.27. The molecule has 0 saturated heterocycles. The molecule has 1 heterocycles. The van der Waals surface area contributed by atoms with Gasteiger partial charge < -0.3 is 9.26 Å². The van der Waals surface area contributed by atoms with Gasteiger partial charge in [0.05, 0.1) is 17.6 Å². The van der Waals surface area contributed by atoms with Crippen LogP contribution in [0.4, 0.5) is 18.9 Å². The Hall–Kier alpha value is -2.84. The van der Waals surface area contributed by atoms with E-state index in [1.807, 2.05) is 0 Å². The fraction of sp³-hybridized carbons (Fsp3) is 0.214. The Morgan fingerprint density at radius 1 is 1.39 bits per heavy atom. The minimum atomic E-state index is -4.77. The number of allylic oxidation sites excluding steroid dienone is 1. The average Bonchev–Trinajstić information content (AvgIpc) is 2.84. The predicted molar refractivity (Wildman–Crippen MR) is 74.8 cm³/mol. The first-order valence-electron chi connectivity index (χ1n) is 6.28. The normalized spacial score (nSPS) is 12.3. The third kappa shape index (κ3) is 3.33. The zero-order valence-electron chi connectivity index (χ0n) is 12.0. The van der Waals surface area contributed by atoms with E-state index < -0.39 is 28.1 Å². The van der Waals surface area contributed by atoms with E-state index in [9.17, 15) is 23.3 Å². The highest BCUT2D eigenvalue weighted by atomic mass is 19.4. The number of alkyl halides is 3. The number of rotatable bonds is 4. The number of nitro groups is 1. The minimum Gasteiger partial charge on any atom is -0.496 e. The summed E-state index contributed by atoms with van der Waals surface area (Å²) in [6, 6.07) is 5.47. The molecule has 0 bridgehead atoms. The molecular formula is C14H11F3N2O4. The molecule has 1 aromatic carbocycles. The molecule has 2 rings (SSSR count). The molecule has 0 aliphatic rings. The van der Waals surface area contributed by atoms with Gasteiger partial charge in [0, 0.05) is 11.6 Å². The van der Waals surface area contributed by atoms with Crippen molar-refractivity contribution in [2.75, 3.05) is 7.11 Å². The van der Waals surface area contributed by atoms with Crippen molar-refractivity contribution in [1.29, 1.82) is 0 Å². The van der Waals surface area contributed by atoms with Crippen LogP contribution in [-0.4, -0.2) is 23.4 Å². The lowest BCUT2D eigenvalue weighted by Crippen LogP contribution is -2.11. The Balaban J connectivity index is 2.68. The van der Waals surface area contributed by atoms with E-state index in [2.05, 4.69) is 9.68 Å². The summed E-state index contributed by atoms with van der Waals surface area (Å²) in [5, 5.41) is 14.3. The SMILES string of the molecule is COc1ccccc1C(=Cc1onc(C)c1[N+](=O)[O-])C(F)(F)F. The first-order chi connectivity index (χ1) is 10.8. The van der Waals surface area contributed by atoms with E-state index in [-0.39, 0.29) is 17.0 Å². The fourth-order valence-electron chi connectivity index (χ4n) is 2.01. The lowest BCUT2D eigenvalue weighted by Gasteiger charge is -2.14. The average molecular weight is 328 g/mol. The molecule has 0 N–H and O–H groups in total. The van der Waals surface area contributed by atoms with Gasteiger partial charge >= 0.3 is 11.9 Å². The highest BCUT2D eigenvalue weighted by Gasteiger charge is 2.38. The summed E-state index contributed by atoms with van der Waals surface area (Å²) in [4.78, 5) is 10.1. The molecule has 0 saturated carbocycles. The van der Waals surface area contributed by atoms with Gasteiger partial charge in [-0.05, 0) is 13.0 Å². The molecule has 0 atom stereocenters. The third-order valence-electron chi connectivity index (χ3n) is 3.02. The van der Waals surface area contributed by atoms with Crippen molar-refractivity contribution in [2.45, 2.75) is 13.1 Å². The number of aryl methyl sites for hydroxylation is 1. The number of nitrogens with zero attached hydrogens (tertiary/aromatic N) is 2. The van der Waals surface area contributed by atoms with Gasteiger partial charge in [0.2, 0.25) is 5.76 Å². The molecule has 0 unspecified atom stereocenters. The first-order valence-corrected chi connectivity index (χ1v) is 6.28. The number of ether oxygens (including phenoxy) is 1. The van der Waals surface area contributed by atoms with Gasteiger partial charge in [-0.3, -0.25) is 10.1 Å². The molecule has 1 aromatic heterocycles. The van der Waals surface area contributed by atoms with Crippen LogP contribution in [-0.2, 0) is 0 Å². The number of halogens is 3. The predicted octanol–water partition coefficient (Wildman–Crippen LogP) is 4.00. The van der Waals surface area contributed by atoms with Crippen molar-refractivity contribution in [3.8, 4) is 5.75 Å². The number of benzene rings is 1.